The molecule has 27 heavy (non-hydrogen) atoms. The molecule has 1 amide bonds. The van der Waals surface area contributed by atoms with Gasteiger partial charge in [0.15, 0.2) is 11.3 Å². The van der Waals surface area contributed by atoms with Crippen LogP contribution in [0.4, 0.5) is 11.5 Å². The Hall–Kier alpha value is -3.13. The Kier molecular flexibility index (Phi) is 6.22. The van der Waals surface area contributed by atoms with Crippen LogP contribution in [-0.2, 0) is 0 Å². The molecule has 2 aromatic heterocycles. The van der Waals surface area contributed by atoms with Crippen LogP contribution >= 0.6 is 0 Å². The van der Waals surface area contributed by atoms with Gasteiger partial charge in [-0.15, -0.1) is 5.10 Å². The molecule has 0 spiro atoms. The maximum atomic E-state index is 12.6. The molecule has 0 unspecified atom stereocenters. The number of carbonyl (C=O) groups excluding carboxylic acids is 1. The number of hydrogen-bond acceptors (Lipinski definition) is 6. The summed E-state index contributed by atoms with van der Waals surface area (Å²) in [6.45, 7) is 3.88. The molecular formula is C19H24N6O2. The van der Waals surface area contributed by atoms with Crippen molar-refractivity contribution in [2.24, 2.45) is 5.73 Å². The maximum Gasteiger partial charge on any atom is 0.276 e. The van der Waals surface area contributed by atoms with Crippen LogP contribution in [0.3, 0.4) is 0 Å². The highest BCUT2D eigenvalue weighted by molar-refractivity contribution is 6.03. The van der Waals surface area contributed by atoms with Crippen molar-refractivity contribution in [3.8, 4) is 5.75 Å². The van der Waals surface area contributed by atoms with Crippen molar-refractivity contribution in [1.82, 2.24) is 14.6 Å². The van der Waals surface area contributed by atoms with E-state index in [1.54, 1.807) is 28.8 Å². The van der Waals surface area contributed by atoms with Gasteiger partial charge in [-0.05, 0) is 42.8 Å². The molecule has 0 radical (unpaired) electrons. The number of anilines is 2. The topological polar surface area (TPSA) is 107 Å². The van der Waals surface area contributed by atoms with Crippen LogP contribution in [0.25, 0.3) is 5.65 Å². The number of carbonyl (C=O) groups is 1. The van der Waals surface area contributed by atoms with Crippen LogP contribution in [0.5, 0.6) is 5.75 Å². The van der Waals surface area contributed by atoms with Gasteiger partial charge < -0.3 is 21.1 Å². The van der Waals surface area contributed by atoms with Crippen LogP contribution in [0, 0.1) is 0 Å². The van der Waals surface area contributed by atoms with E-state index in [1.165, 1.54) is 6.20 Å². The summed E-state index contributed by atoms with van der Waals surface area (Å²) in [5, 5.41) is 10.6. The highest BCUT2D eigenvalue weighted by atomic mass is 16.5. The van der Waals surface area contributed by atoms with Crippen molar-refractivity contribution in [1.29, 1.82) is 0 Å². The number of rotatable bonds is 9. The summed E-state index contributed by atoms with van der Waals surface area (Å²) in [5.41, 5.74) is 7.06. The molecule has 8 heteroatoms. The number of nitrogens with two attached hydrogens (primary N) is 1. The minimum Gasteiger partial charge on any atom is -0.492 e. The van der Waals surface area contributed by atoms with E-state index < -0.39 is 0 Å². The summed E-state index contributed by atoms with van der Waals surface area (Å²) in [6, 6.07) is 10.8. The van der Waals surface area contributed by atoms with Crippen molar-refractivity contribution in [3.05, 3.63) is 48.3 Å². The van der Waals surface area contributed by atoms with Crippen molar-refractivity contribution < 1.29 is 9.53 Å². The van der Waals surface area contributed by atoms with Crippen LogP contribution in [0.2, 0.25) is 0 Å². The van der Waals surface area contributed by atoms with Gasteiger partial charge >= 0.3 is 0 Å². The quantitative estimate of drug-likeness (QED) is 0.501. The number of aromatic nitrogens is 3. The molecule has 0 atom stereocenters. The molecule has 8 nitrogen and oxygen atoms in total. The number of hydrogen-bond donors (Lipinski definition) is 3. The molecule has 1 aromatic carbocycles. The van der Waals surface area contributed by atoms with Crippen LogP contribution < -0.4 is 21.1 Å². The maximum absolute atomic E-state index is 12.6. The summed E-state index contributed by atoms with van der Waals surface area (Å²) in [4.78, 5) is 16.9. The van der Waals surface area contributed by atoms with Crippen LogP contribution in [0.1, 0.15) is 30.3 Å². The molecule has 0 saturated carbocycles. The highest BCUT2D eigenvalue weighted by Crippen LogP contribution is 2.17. The predicted octanol–water partition coefficient (Wildman–Crippen LogP) is 2.53. The Balaban J connectivity index is 1.72. The van der Waals surface area contributed by atoms with Gasteiger partial charge in [0.25, 0.3) is 5.91 Å². The molecule has 0 saturated heterocycles. The molecular weight excluding hydrogens is 344 g/mol. The first kappa shape index (κ1) is 18.7. The Bertz CT molecular complexity index is 891. The predicted molar refractivity (Wildman–Crippen MR) is 105 cm³/mol. The van der Waals surface area contributed by atoms with Gasteiger partial charge in [0, 0.05) is 18.8 Å². The van der Waals surface area contributed by atoms with E-state index in [-0.39, 0.29) is 5.91 Å². The monoisotopic (exact) mass is 368 g/mol. The molecule has 4 N–H and O–H groups in total. The number of nitrogens with zero attached hydrogens (tertiary/aromatic N) is 3. The third-order valence-corrected chi connectivity index (χ3v) is 3.93. The van der Waals surface area contributed by atoms with Gasteiger partial charge in [-0.1, -0.05) is 13.3 Å². The van der Waals surface area contributed by atoms with Crippen molar-refractivity contribution in [2.75, 3.05) is 30.3 Å². The van der Waals surface area contributed by atoms with E-state index >= 15 is 0 Å². The molecule has 0 fully saturated rings. The third kappa shape index (κ3) is 4.73. The average molecular weight is 368 g/mol. The highest BCUT2D eigenvalue weighted by Gasteiger charge is 2.14. The Labute approximate surface area is 157 Å². The fourth-order valence-electron chi connectivity index (χ4n) is 2.52. The number of imidazole rings is 1. The number of fused-ring (bicyclic) bond motifs is 1. The van der Waals surface area contributed by atoms with Gasteiger partial charge in [0.05, 0.1) is 6.20 Å². The van der Waals surface area contributed by atoms with Crippen molar-refractivity contribution >= 4 is 23.1 Å². The molecule has 0 aliphatic carbocycles. The van der Waals surface area contributed by atoms with Gasteiger partial charge in [-0.25, -0.2) is 9.50 Å². The van der Waals surface area contributed by atoms with Gasteiger partial charge in [0.1, 0.15) is 18.2 Å². The van der Waals surface area contributed by atoms with E-state index in [4.69, 9.17) is 10.5 Å². The Morgan fingerprint density at radius 1 is 1.22 bits per heavy atom. The number of amides is 1. The lowest BCUT2D eigenvalue weighted by atomic mass is 10.3. The fraction of sp³-hybridized carbons (Fsp3) is 0.316. The van der Waals surface area contributed by atoms with E-state index in [9.17, 15) is 4.79 Å². The summed E-state index contributed by atoms with van der Waals surface area (Å²) < 4.78 is 6.97. The summed E-state index contributed by atoms with van der Waals surface area (Å²) in [7, 11) is 0. The second kappa shape index (κ2) is 9.00. The smallest absolute Gasteiger partial charge is 0.276 e. The zero-order valence-corrected chi connectivity index (χ0v) is 15.3. The molecule has 0 bridgehead atoms. The largest absolute Gasteiger partial charge is 0.492 e. The molecule has 2 heterocycles. The van der Waals surface area contributed by atoms with Gasteiger partial charge in [-0.3, -0.25) is 4.79 Å². The SMILES string of the molecule is CCCCNc1ccc2ncc(C(=O)Nc3ccc(OCCN)cc3)n2n1. The van der Waals surface area contributed by atoms with Crippen molar-refractivity contribution in [3.63, 3.8) is 0 Å². The molecule has 3 rings (SSSR count). The Morgan fingerprint density at radius 3 is 2.78 bits per heavy atom. The minimum atomic E-state index is -0.281. The zero-order chi connectivity index (χ0) is 19.1. The first-order chi connectivity index (χ1) is 13.2. The summed E-state index contributed by atoms with van der Waals surface area (Å²) >= 11 is 0. The second-order valence-corrected chi connectivity index (χ2v) is 6.03. The third-order valence-electron chi connectivity index (χ3n) is 3.93. The van der Waals surface area contributed by atoms with E-state index in [1.807, 2.05) is 12.1 Å². The summed E-state index contributed by atoms with van der Waals surface area (Å²) in [6.07, 6.45) is 3.68. The lowest BCUT2D eigenvalue weighted by Crippen LogP contribution is -2.16. The van der Waals surface area contributed by atoms with Crippen LogP contribution in [0.15, 0.2) is 42.6 Å². The van der Waals surface area contributed by atoms with E-state index in [0.717, 1.165) is 19.4 Å². The zero-order valence-electron chi connectivity index (χ0n) is 15.3. The number of benzene rings is 1. The standard InChI is InChI=1S/C19H24N6O2/c1-2-3-11-21-17-8-9-18-22-13-16(25(18)24-17)19(26)23-14-4-6-15(7-5-14)27-12-10-20/h4-9,13H,2-3,10-12,20H2,1H3,(H,21,24)(H,23,26). The molecule has 142 valence electrons. The second-order valence-electron chi connectivity index (χ2n) is 6.03. The van der Waals surface area contributed by atoms with Gasteiger partial charge in [0.2, 0.25) is 0 Å². The average Bonchev–Trinajstić information content (AvgIpc) is 3.11. The molecule has 0 aliphatic rings. The van der Waals surface area contributed by atoms with Crippen molar-refractivity contribution in [2.45, 2.75) is 19.8 Å². The summed E-state index contributed by atoms with van der Waals surface area (Å²) in [5.74, 6) is 1.14. The lowest BCUT2D eigenvalue weighted by molar-refractivity contribution is 0.102. The number of ether oxygens (including phenoxy) is 1. The molecule has 0 aliphatic heterocycles. The Morgan fingerprint density at radius 2 is 2.04 bits per heavy atom. The fourth-order valence-corrected chi connectivity index (χ4v) is 2.52. The van der Waals surface area contributed by atoms with E-state index in [2.05, 4.69) is 27.6 Å². The molecule has 3 aromatic rings. The lowest BCUT2D eigenvalue weighted by Gasteiger charge is -2.08. The van der Waals surface area contributed by atoms with Crippen LogP contribution in [-0.4, -0.2) is 40.2 Å². The number of unbranched alkanes of at least 4 members (excludes halogenated alkanes) is 1. The van der Waals surface area contributed by atoms with E-state index in [0.29, 0.717) is 41.7 Å². The first-order valence-electron chi connectivity index (χ1n) is 9.04. The van der Waals surface area contributed by atoms with Gasteiger partial charge in [-0.2, -0.15) is 0 Å². The normalized spacial score (nSPS) is 10.7. The number of nitrogens with one attached hydrogen (secondary N) is 2. The first-order valence-corrected chi connectivity index (χ1v) is 9.04. The minimum absolute atomic E-state index is 0.281.